The summed E-state index contributed by atoms with van der Waals surface area (Å²) in [6, 6.07) is 12.0. The Morgan fingerprint density at radius 1 is 1.03 bits per heavy atom. The van der Waals surface area contributed by atoms with E-state index in [2.05, 4.69) is 15.1 Å². The van der Waals surface area contributed by atoms with Crippen molar-refractivity contribution in [3.05, 3.63) is 83.3 Å². The maximum Gasteiger partial charge on any atom is 0.254 e. The van der Waals surface area contributed by atoms with Crippen LogP contribution in [-0.2, 0) is 6.54 Å². The van der Waals surface area contributed by atoms with Gasteiger partial charge in [0.15, 0.2) is 5.65 Å². The van der Waals surface area contributed by atoms with Crippen LogP contribution in [-0.4, -0.2) is 25.7 Å². The van der Waals surface area contributed by atoms with Gasteiger partial charge in [0, 0.05) is 28.8 Å². The first-order valence-electron chi connectivity index (χ1n) is 9.28. The van der Waals surface area contributed by atoms with E-state index in [0.717, 1.165) is 17.5 Å². The minimum Gasteiger partial charge on any atom is -0.365 e. The van der Waals surface area contributed by atoms with Gasteiger partial charge in [-0.15, -0.1) is 0 Å². The number of nitrogens with two attached hydrogens (primary N) is 1. The summed E-state index contributed by atoms with van der Waals surface area (Å²) in [5, 5.41) is 3.86. The van der Waals surface area contributed by atoms with Crippen molar-refractivity contribution < 1.29 is 18.0 Å². The van der Waals surface area contributed by atoms with Crippen molar-refractivity contribution in [3.8, 4) is 11.3 Å². The number of rotatable bonds is 4. The molecule has 0 radical (unpaired) electrons. The molecule has 0 aliphatic rings. The minimum absolute atomic E-state index is 0.151. The van der Waals surface area contributed by atoms with Crippen LogP contribution in [0.15, 0.2) is 54.7 Å². The molecule has 5 aromatic rings. The Balaban J connectivity index is 1.52. The highest BCUT2D eigenvalue weighted by atomic mass is 19.1. The second kappa shape index (κ2) is 6.98. The average Bonchev–Trinajstić information content (AvgIpc) is 2.71. The lowest BCUT2D eigenvalue weighted by molar-refractivity contribution is 0.0992. The zero-order valence-corrected chi connectivity index (χ0v) is 15.9. The van der Waals surface area contributed by atoms with Crippen molar-refractivity contribution in [2.45, 2.75) is 6.54 Å². The summed E-state index contributed by atoms with van der Waals surface area (Å²) in [5.74, 6) is -3.71. The number of benzene rings is 2. The number of nitrogens with zero attached hydrogens (tertiary/aromatic N) is 3. The number of nitrogens with one attached hydrogen (secondary N) is 1. The van der Waals surface area contributed by atoms with Crippen LogP contribution < -0.4 is 5.73 Å². The molecule has 0 aliphatic carbocycles. The molecule has 0 unspecified atom stereocenters. The highest BCUT2D eigenvalue weighted by Gasteiger charge is 2.18. The van der Waals surface area contributed by atoms with Crippen molar-refractivity contribution in [2.75, 3.05) is 0 Å². The van der Waals surface area contributed by atoms with E-state index in [4.69, 9.17) is 5.73 Å². The third-order valence-electron chi connectivity index (χ3n) is 5.07. The first-order chi connectivity index (χ1) is 14.9. The van der Waals surface area contributed by atoms with Crippen LogP contribution in [0.2, 0.25) is 0 Å². The Hall–Kier alpha value is -4.14. The number of aromatic nitrogens is 4. The number of carbonyl (C=O) groups excluding carboxylic acids is 1. The number of primary amides is 1. The van der Waals surface area contributed by atoms with E-state index in [1.54, 1.807) is 35.1 Å². The maximum absolute atomic E-state index is 14.5. The average molecular weight is 421 g/mol. The summed E-state index contributed by atoms with van der Waals surface area (Å²) in [7, 11) is 0. The molecule has 3 heterocycles. The number of H-pyrrole nitrogens is 1. The van der Waals surface area contributed by atoms with Crippen molar-refractivity contribution >= 4 is 28.0 Å². The summed E-state index contributed by atoms with van der Waals surface area (Å²) < 4.78 is 44.4. The van der Waals surface area contributed by atoms with Gasteiger partial charge in [0.1, 0.15) is 23.0 Å². The van der Waals surface area contributed by atoms with Gasteiger partial charge in [-0.3, -0.25) is 19.6 Å². The van der Waals surface area contributed by atoms with E-state index in [1.807, 2.05) is 6.07 Å². The molecule has 0 spiro atoms. The lowest BCUT2D eigenvalue weighted by Crippen LogP contribution is -2.16. The number of halogens is 3. The Morgan fingerprint density at radius 3 is 2.55 bits per heavy atom. The Labute approximate surface area is 173 Å². The van der Waals surface area contributed by atoms with Crippen molar-refractivity contribution in [1.29, 1.82) is 0 Å². The van der Waals surface area contributed by atoms with Gasteiger partial charge in [-0.1, -0.05) is 6.07 Å². The fourth-order valence-electron chi connectivity index (χ4n) is 3.55. The summed E-state index contributed by atoms with van der Waals surface area (Å²) in [6.45, 7) is 0.184. The number of hydrogen-bond acceptors (Lipinski definition) is 3. The van der Waals surface area contributed by atoms with Gasteiger partial charge in [-0.25, -0.2) is 18.2 Å². The lowest BCUT2D eigenvalue weighted by Gasteiger charge is -2.17. The molecule has 154 valence electrons. The van der Waals surface area contributed by atoms with Gasteiger partial charge >= 0.3 is 0 Å². The van der Waals surface area contributed by atoms with Crippen LogP contribution in [0.1, 0.15) is 15.9 Å². The molecule has 1 amide bonds. The lowest BCUT2D eigenvalue weighted by atomic mass is 10.1. The van der Waals surface area contributed by atoms with Crippen molar-refractivity contribution in [3.63, 3.8) is 0 Å². The molecule has 0 aliphatic heterocycles. The van der Waals surface area contributed by atoms with Crippen LogP contribution >= 0.6 is 0 Å². The topological polar surface area (TPSA) is 89.6 Å². The van der Waals surface area contributed by atoms with Crippen molar-refractivity contribution in [2.24, 2.45) is 5.73 Å². The van der Waals surface area contributed by atoms with E-state index in [-0.39, 0.29) is 12.1 Å². The van der Waals surface area contributed by atoms with Gasteiger partial charge < -0.3 is 5.73 Å². The molecule has 0 saturated heterocycles. The molecule has 0 saturated carbocycles. The Kier molecular flexibility index (Phi) is 4.25. The minimum atomic E-state index is -1.19. The second-order valence-electron chi connectivity index (χ2n) is 7.08. The normalized spacial score (nSPS) is 11.5. The first-order valence-corrected chi connectivity index (χ1v) is 9.28. The van der Waals surface area contributed by atoms with Gasteiger partial charge in [-0.2, -0.15) is 0 Å². The second-order valence-corrected chi connectivity index (χ2v) is 7.08. The van der Waals surface area contributed by atoms with Crippen LogP contribution in [0.4, 0.5) is 13.2 Å². The Morgan fingerprint density at radius 2 is 1.81 bits per heavy atom. The fourth-order valence-corrected chi connectivity index (χ4v) is 3.55. The first kappa shape index (κ1) is 18.9. The van der Waals surface area contributed by atoms with Gasteiger partial charge in [0.25, 0.3) is 5.91 Å². The van der Waals surface area contributed by atoms with E-state index in [1.165, 1.54) is 6.07 Å². The molecule has 0 atom stereocenters. The molecular formula is C22H14F3N5O. The monoisotopic (exact) mass is 421 g/mol. The summed E-state index contributed by atoms with van der Waals surface area (Å²) in [6.07, 6.45) is 1.60. The largest absolute Gasteiger partial charge is 0.365 e. The molecule has 0 bridgehead atoms. The number of pyridine rings is 2. The maximum atomic E-state index is 14.5. The smallest absolute Gasteiger partial charge is 0.254 e. The Bertz CT molecular complexity index is 1460. The third-order valence-corrected chi connectivity index (χ3v) is 5.07. The number of hydrogen-bond donors (Lipinski definition) is 2. The molecule has 31 heavy (non-hydrogen) atoms. The molecular weight excluding hydrogens is 407 g/mol. The number of aromatic amines is 1. The summed E-state index contributed by atoms with van der Waals surface area (Å²) in [4.78, 5) is 19.8. The molecule has 5 rings (SSSR count). The molecule has 9 heteroatoms. The fraction of sp³-hybridized carbons (Fsp3) is 0.0455. The van der Waals surface area contributed by atoms with Crippen LogP contribution in [0.3, 0.4) is 0 Å². The summed E-state index contributed by atoms with van der Waals surface area (Å²) >= 11 is 0. The quantitative estimate of drug-likeness (QED) is 0.457. The zero-order valence-electron chi connectivity index (χ0n) is 15.9. The van der Waals surface area contributed by atoms with Crippen LogP contribution in [0.25, 0.3) is 33.3 Å². The third kappa shape index (κ3) is 3.20. The van der Waals surface area contributed by atoms with Crippen LogP contribution in [0.5, 0.6) is 0 Å². The highest BCUT2D eigenvalue weighted by Crippen LogP contribution is 2.26. The predicted molar refractivity (Wildman–Crippen MR) is 109 cm³/mol. The van der Waals surface area contributed by atoms with Gasteiger partial charge in [0.2, 0.25) is 0 Å². The number of fused-ring (bicyclic) bond motifs is 2. The van der Waals surface area contributed by atoms with Crippen molar-refractivity contribution in [1.82, 2.24) is 19.7 Å². The molecule has 2 aromatic carbocycles. The molecule has 3 N–H and O–H groups in total. The van der Waals surface area contributed by atoms with Crippen LogP contribution in [0, 0.1) is 17.5 Å². The van der Waals surface area contributed by atoms with Gasteiger partial charge in [0.05, 0.1) is 23.3 Å². The molecule has 3 aromatic heterocycles. The molecule has 6 nitrogen and oxygen atoms in total. The SMILES string of the molecule is NC(=O)c1c(F)cc(-c2ccc3[nH]n(Cc4cc5cccnc5cc4F)c3n2)cc1F. The zero-order chi connectivity index (χ0) is 21.7. The van der Waals surface area contributed by atoms with E-state index < -0.39 is 28.9 Å². The summed E-state index contributed by atoms with van der Waals surface area (Å²) in [5.41, 5.74) is 6.86. The highest BCUT2D eigenvalue weighted by molar-refractivity contribution is 5.94. The van der Waals surface area contributed by atoms with E-state index in [9.17, 15) is 18.0 Å². The van der Waals surface area contributed by atoms with E-state index in [0.29, 0.717) is 27.9 Å². The predicted octanol–water partition coefficient (Wildman–Crippen LogP) is 4.14. The molecule has 0 fully saturated rings. The number of amides is 1. The number of carbonyl (C=O) groups is 1. The van der Waals surface area contributed by atoms with Gasteiger partial charge in [-0.05, 0) is 36.4 Å². The van der Waals surface area contributed by atoms with E-state index >= 15 is 0 Å². The standard InChI is InChI=1S/C22H14F3N5O/c23-14-9-19-11(2-1-5-27-19)6-13(14)10-30-22-18(29-30)4-3-17(28-22)12-7-15(24)20(21(26)31)16(25)8-12/h1-9,29H,10H2,(H2,26,31).